The average molecular weight is 425 g/mol. The van der Waals surface area contributed by atoms with Gasteiger partial charge in [-0.25, -0.2) is 0 Å². The van der Waals surface area contributed by atoms with Crippen LogP contribution in [0.3, 0.4) is 0 Å². The van der Waals surface area contributed by atoms with E-state index in [9.17, 15) is 9.59 Å². The fourth-order valence-corrected chi connectivity index (χ4v) is 5.29. The van der Waals surface area contributed by atoms with Crippen molar-refractivity contribution < 1.29 is 9.59 Å². The van der Waals surface area contributed by atoms with Crippen LogP contribution in [-0.4, -0.2) is 52.7 Å². The van der Waals surface area contributed by atoms with E-state index in [0.717, 1.165) is 42.9 Å². The molecule has 2 N–H and O–H groups in total. The Hall–Kier alpha value is -2.94. The molecule has 2 aromatic heterocycles. The zero-order valence-corrected chi connectivity index (χ0v) is 17.5. The van der Waals surface area contributed by atoms with Crippen molar-refractivity contribution in [2.75, 3.05) is 29.4 Å². The Bertz CT molecular complexity index is 1080. The van der Waals surface area contributed by atoms with E-state index in [1.165, 1.54) is 22.3 Å². The second-order valence-corrected chi connectivity index (χ2v) is 8.70. The largest absolute Gasteiger partial charge is 0.361 e. The third-order valence-electron chi connectivity index (χ3n) is 5.88. The molecule has 0 aliphatic carbocycles. The number of nitrogens with one attached hydrogen (secondary N) is 2. The van der Waals surface area contributed by atoms with Gasteiger partial charge in [-0.1, -0.05) is 29.5 Å². The highest BCUT2D eigenvalue weighted by Gasteiger charge is 2.34. The van der Waals surface area contributed by atoms with Crippen LogP contribution < -0.4 is 15.1 Å². The van der Waals surface area contributed by atoms with Crippen LogP contribution in [0.15, 0.2) is 30.5 Å². The lowest BCUT2D eigenvalue weighted by Crippen LogP contribution is -2.44. The molecule has 4 heterocycles. The number of aromatic amines is 1. The molecular weight excluding hydrogens is 400 g/mol. The number of aromatic nitrogens is 3. The summed E-state index contributed by atoms with van der Waals surface area (Å²) in [6, 6.07) is 7.96. The first kappa shape index (κ1) is 19.0. The van der Waals surface area contributed by atoms with Gasteiger partial charge >= 0.3 is 0 Å². The summed E-state index contributed by atoms with van der Waals surface area (Å²) in [4.78, 5) is 31.8. The Labute approximate surface area is 178 Å². The van der Waals surface area contributed by atoms with Crippen molar-refractivity contribution in [2.24, 2.45) is 0 Å². The number of carbonyl (C=O) groups excluding carboxylic acids is 2. The molecule has 3 aromatic rings. The molecule has 30 heavy (non-hydrogen) atoms. The summed E-state index contributed by atoms with van der Waals surface area (Å²) >= 11 is 1.40. The molecule has 1 aromatic carbocycles. The maximum atomic E-state index is 12.9. The highest BCUT2D eigenvalue weighted by atomic mass is 32.1. The second kappa shape index (κ2) is 8.06. The highest BCUT2D eigenvalue weighted by Crippen LogP contribution is 2.33. The summed E-state index contributed by atoms with van der Waals surface area (Å²) in [5, 5.41) is 14.1. The van der Waals surface area contributed by atoms with Gasteiger partial charge in [-0.2, -0.15) is 0 Å². The van der Waals surface area contributed by atoms with E-state index in [-0.39, 0.29) is 17.9 Å². The van der Waals surface area contributed by atoms with Gasteiger partial charge in [-0.05, 0) is 37.3 Å². The van der Waals surface area contributed by atoms with Crippen molar-refractivity contribution in [1.82, 2.24) is 20.5 Å². The molecule has 0 saturated carbocycles. The molecule has 156 valence electrons. The summed E-state index contributed by atoms with van der Waals surface area (Å²) in [7, 11) is 0. The Morgan fingerprint density at radius 3 is 2.93 bits per heavy atom. The van der Waals surface area contributed by atoms with E-state index in [0.29, 0.717) is 24.6 Å². The quantitative estimate of drug-likeness (QED) is 0.634. The van der Waals surface area contributed by atoms with Crippen LogP contribution in [0.4, 0.5) is 10.3 Å². The van der Waals surface area contributed by atoms with Gasteiger partial charge in [0.15, 0.2) is 0 Å². The smallest absolute Gasteiger partial charge is 0.242 e. The first-order valence-electron chi connectivity index (χ1n) is 10.4. The molecule has 2 amide bonds. The maximum Gasteiger partial charge on any atom is 0.242 e. The average Bonchev–Trinajstić information content (AvgIpc) is 3.54. The lowest BCUT2D eigenvalue weighted by atomic mass is 10.1. The van der Waals surface area contributed by atoms with E-state index in [1.807, 2.05) is 23.2 Å². The topological polar surface area (TPSA) is 94.2 Å². The van der Waals surface area contributed by atoms with E-state index in [1.54, 1.807) is 4.90 Å². The maximum absolute atomic E-state index is 12.9. The lowest BCUT2D eigenvalue weighted by molar-refractivity contribution is -0.122. The van der Waals surface area contributed by atoms with Crippen LogP contribution in [0.25, 0.3) is 10.9 Å². The fraction of sp³-hybridized carbons (Fsp3) is 0.429. The molecule has 2 aliphatic rings. The zero-order valence-electron chi connectivity index (χ0n) is 16.6. The number of benzene rings is 1. The Morgan fingerprint density at radius 2 is 2.07 bits per heavy atom. The number of H-pyrrole nitrogens is 1. The number of rotatable bonds is 6. The van der Waals surface area contributed by atoms with Crippen LogP contribution in [0.1, 0.15) is 31.2 Å². The van der Waals surface area contributed by atoms with Crippen molar-refractivity contribution >= 4 is 44.3 Å². The SMILES string of the molecule is O=C(NCCc1c[nH]c2ccccc12)C1CCCN1c1nnc(N2CCCC2=O)s1. The monoisotopic (exact) mass is 424 g/mol. The minimum atomic E-state index is -0.233. The molecule has 2 aliphatic heterocycles. The van der Waals surface area contributed by atoms with Crippen LogP contribution in [0.5, 0.6) is 0 Å². The number of nitrogens with zero attached hydrogens (tertiary/aromatic N) is 4. The van der Waals surface area contributed by atoms with Crippen LogP contribution >= 0.6 is 11.3 Å². The summed E-state index contributed by atoms with van der Waals surface area (Å²) in [6.07, 6.45) is 5.97. The normalized spacial score (nSPS) is 19.2. The van der Waals surface area contributed by atoms with Crippen molar-refractivity contribution in [3.8, 4) is 0 Å². The predicted octanol–water partition coefficient (Wildman–Crippen LogP) is 2.47. The van der Waals surface area contributed by atoms with Crippen LogP contribution in [0, 0.1) is 0 Å². The van der Waals surface area contributed by atoms with Gasteiger partial charge < -0.3 is 15.2 Å². The Balaban J connectivity index is 1.21. The van der Waals surface area contributed by atoms with Crippen molar-refractivity contribution in [2.45, 2.75) is 38.1 Å². The van der Waals surface area contributed by atoms with E-state index in [2.05, 4.69) is 32.6 Å². The van der Waals surface area contributed by atoms with Gasteiger partial charge in [0, 0.05) is 43.2 Å². The standard InChI is InChI=1S/C21H24N6O2S/c28-18-8-4-12-27(18)21-25-24-20(30-21)26-11-3-7-17(26)19(29)22-10-9-14-13-23-16-6-2-1-5-15(14)16/h1-2,5-6,13,17,23H,3-4,7-12H2,(H,22,29). The Morgan fingerprint density at radius 1 is 1.20 bits per heavy atom. The number of para-hydroxylation sites is 1. The summed E-state index contributed by atoms with van der Waals surface area (Å²) in [5.41, 5.74) is 2.32. The molecule has 5 rings (SSSR count). The molecule has 2 fully saturated rings. The Kier molecular flexibility index (Phi) is 5.12. The first-order valence-corrected chi connectivity index (χ1v) is 11.3. The molecule has 2 saturated heterocycles. The predicted molar refractivity (Wildman–Crippen MR) is 117 cm³/mol. The summed E-state index contributed by atoms with van der Waals surface area (Å²) in [6.45, 7) is 2.07. The van der Waals surface area contributed by atoms with E-state index in [4.69, 9.17) is 0 Å². The van der Waals surface area contributed by atoms with Crippen molar-refractivity contribution in [3.63, 3.8) is 0 Å². The fourth-order valence-electron chi connectivity index (χ4n) is 4.33. The number of carbonyl (C=O) groups is 2. The van der Waals surface area contributed by atoms with E-state index >= 15 is 0 Å². The molecule has 1 atom stereocenters. The molecular formula is C21H24N6O2S. The first-order chi connectivity index (χ1) is 14.7. The number of fused-ring (bicyclic) bond motifs is 1. The van der Waals surface area contributed by atoms with E-state index < -0.39 is 0 Å². The minimum Gasteiger partial charge on any atom is -0.361 e. The summed E-state index contributed by atoms with van der Waals surface area (Å²) in [5.74, 6) is 0.132. The highest BCUT2D eigenvalue weighted by molar-refractivity contribution is 7.19. The number of anilines is 2. The van der Waals surface area contributed by atoms with Gasteiger partial charge in [-0.15, -0.1) is 10.2 Å². The molecule has 0 bridgehead atoms. The van der Waals surface area contributed by atoms with Crippen molar-refractivity contribution in [1.29, 1.82) is 0 Å². The zero-order chi connectivity index (χ0) is 20.5. The lowest BCUT2D eigenvalue weighted by Gasteiger charge is -2.22. The molecule has 0 spiro atoms. The van der Waals surface area contributed by atoms with Gasteiger partial charge in [0.1, 0.15) is 6.04 Å². The molecule has 1 unspecified atom stereocenters. The number of amides is 2. The third kappa shape index (κ3) is 3.54. The molecule has 9 heteroatoms. The third-order valence-corrected chi connectivity index (χ3v) is 6.86. The molecule has 8 nitrogen and oxygen atoms in total. The van der Waals surface area contributed by atoms with Crippen molar-refractivity contribution in [3.05, 3.63) is 36.0 Å². The summed E-state index contributed by atoms with van der Waals surface area (Å²) < 4.78 is 0. The van der Waals surface area contributed by atoms with Gasteiger partial charge in [-0.3, -0.25) is 14.5 Å². The molecule has 0 radical (unpaired) electrons. The van der Waals surface area contributed by atoms with Gasteiger partial charge in [0.05, 0.1) is 0 Å². The van der Waals surface area contributed by atoms with Crippen LogP contribution in [0.2, 0.25) is 0 Å². The van der Waals surface area contributed by atoms with Crippen LogP contribution in [-0.2, 0) is 16.0 Å². The number of hydrogen-bond acceptors (Lipinski definition) is 6. The van der Waals surface area contributed by atoms with Gasteiger partial charge in [0.2, 0.25) is 22.1 Å². The second-order valence-electron chi connectivity index (χ2n) is 7.77. The minimum absolute atomic E-state index is 0.0290. The number of hydrogen-bond donors (Lipinski definition) is 2. The van der Waals surface area contributed by atoms with Gasteiger partial charge in [0.25, 0.3) is 0 Å².